The minimum absolute atomic E-state index is 0.0806. The quantitative estimate of drug-likeness (QED) is 0.451. The number of carbonyl (C=O) groups is 3. The molecule has 0 aliphatic carbocycles. The Kier molecular flexibility index (Phi) is 5.37. The van der Waals surface area contributed by atoms with Crippen molar-refractivity contribution in [3.05, 3.63) is 34.9 Å². The number of thiol groups is 1. The van der Waals surface area contributed by atoms with Crippen LogP contribution in [0.5, 0.6) is 0 Å². The van der Waals surface area contributed by atoms with E-state index in [1.165, 1.54) is 18.2 Å². The molecule has 0 saturated carbocycles. The van der Waals surface area contributed by atoms with Crippen LogP contribution in [-0.4, -0.2) is 35.2 Å². The fourth-order valence-corrected chi connectivity index (χ4v) is 1.61. The second-order valence-corrected chi connectivity index (χ2v) is 4.21. The predicted molar refractivity (Wildman–Crippen MR) is 72.7 cm³/mol. The molecule has 0 heterocycles. The van der Waals surface area contributed by atoms with Crippen LogP contribution in [0, 0.1) is 0 Å². The minimum Gasteiger partial charge on any atom is -0.478 e. The Morgan fingerprint density at radius 2 is 1.95 bits per heavy atom. The van der Waals surface area contributed by atoms with E-state index in [0.717, 1.165) is 0 Å². The van der Waals surface area contributed by atoms with Crippen LogP contribution in [0.2, 0.25) is 0 Å². The standard InChI is InChI=1S/C12H14N2O4S/c13-10(15)7-2-3-8(12(17)18)9(6-7)11(16)14-4-1-5-19/h2-3,6,19H,1,4-5H2,(H2,13,15)(H,14,16)(H,17,18). The summed E-state index contributed by atoms with van der Waals surface area (Å²) < 4.78 is 0. The van der Waals surface area contributed by atoms with Gasteiger partial charge in [-0.1, -0.05) is 0 Å². The van der Waals surface area contributed by atoms with Gasteiger partial charge < -0.3 is 16.2 Å². The van der Waals surface area contributed by atoms with E-state index in [1.54, 1.807) is 0 Å². The normalized spacial score (nSPS) is 9.95. The van der Waals surface area contributed by atoms with Gasteiger partial charge in [0, 0.05) is 12.1 Å². The number of nitrogens with one attached hydrogen (secondary N) is 1. The van der Waals surface area contributed by atoms with Gasteiger partial charge in [0.2, 0.25) is 5.91 Å². The second-order valence-electron chi connectivity index (χ2n) is 3.76. The van der Waals surface area contributed by atoms with Crippen LogP contribution < -0.4 is 11.1 Å². The first kappa shape index (κ1) is 15.0. The molecule has 0 spiro atoms. The lowest BCUT2D eigenvalue weighted by Crippen LogP contribution is -2.27. The maximum atomic E-state index is 11.9. The van der Waals surface area contributed by atoms with Gasteiger partial charge in [0.05, 0.1) is 11.1 Å². The number of nitrogens with two attached hydrogens (primary N) is 1. The van der Waals surface area contributed by atoms with Crippen molar-refractivity contribution < 1.29 is 19.5 Å². The van der Waals surface area contributed by atoms with Gasteiger partial charge in [0.1, 0.15) is 0 Å². The Balaban J connectivity index is 3.06. The summed E-state index contributed by atoms with van der Waals surface area (Å²) in [4.78, 5) is 33.9. The van der Waals surface area contributed by atoms with E-state index in [1.807, 2.05) is 0 Å². The van der Waals surface area contributed by atoms with Gasteiger partial charge in [-0.25, -0.2) is 4.79 Å². The highest BCUT2D eigenvalue weighted by Gasteiger charge is 2.18. The molecule has 0 fully saturated rings. The topological polar surface area (TPSA) is 109 Å². The zero-order valence-electron chi connectivity index (χ0n) is 10.0. The number of amides is 2. The zero-order chi connectivity index (χ0) is 14.4. The highest BCUT2D eigenvalue weighted by molar-refractivity contribution is 7.80. The van der Waals surface area contributed by atoms with E-state index in [4.69, 9.17) is 10.8 Å². The molecule has 6 nitrogen and oxygen atoms in total. The van der Waals surface area contributed by atoms with E-state index in [-0.39, 0.29) is 16.7 Å². The summed E-state index contributed by atoms with van der Waals surface area (Å²) >= 11 is 4.00. The molecule has 19 heavy (non-hydrogen) atoms. The van der Waals surface area contributed by atoms with Crippen molar-refractivity contribution >= 4 is 30.4 Å². The molecule has 2 amide bonds. The number of hydrogen-bond acceptors (Lipinski definition) is 4. The number of benzene rings is 1. The van der Waals surface area contributed by atoms with Gasteiger partial charge in [0.25, 0.3) is 5.91 Å². The zero-order valence-corrected chi connectivity index (χ0v) is 10.9. The summed E-state index contributed by atoms with van der Waals surface area (Å²) in [5, 5.41) is 11.6. The van der Waals surface area contributed by atoms with E-state index in [0.29, 0.717) is 18.7 Å². The van der Waals surface area contributed by atoms with Crippen molar-refractivity contribution in [1.29, 1.82) is 0 Å². The first-order chi connectivity index (χ1) is 8.97. The summed E-state index contributed by atoms with van der Waals surface area (Å²) in [7, 11) is 0. The number of aromatic carboxylic acids is 1. The fourth-order valence-electron chi connectivity index (χ4n) is 1.45. The molecule has 0 aromatic heterocycles. The van der Waals surface area contributed by atoms with E-state index >= 15 is 0 Å². The molecule has 0 radical (unpaired) electrons. The molecular formula is C12H14N2O4S. The molecule has 1 rings (SSSR count). The number of carboxylic acids is 1. The average Bonchev–Trinajstić information content (AvgIpc) is 2.37. The summed E-state index contributed by atoms with van der Waals surface area (Å²) in [6.07, 6.45) is 0.659. The van der Waals surface area contributed by atoms with Gasteiger partial charge in [-0.2, -0.15) is 12.6 Å². The lowest BCUT2D eigenvalue weighted by molar-refractivity contribution is 0.0690. The van der Waals surface area contributed by atoms with Crippen LogP contribution in [0.3, 0.4) is 0 Å². The summed E-state index contributed by atoms with van der Waals surface area (Å²) in [6, 6.07) is 3.65. The van der Waals surface area contributed by atoms with Crippen LogP contribution in [0.15, 0.2) is 18.2 Å². The smallest absolute Gasteiger partial charge is 0.336 e. The Morgan fingerprint density at radius 1 is 1.26 bits per heavy atom. The molecule has 0 unspecified atom stereocenters. The lowest BCUT2D eigenvalue weighted by Gasteiger charge is -2.08. The summed E-state index contributed by atoms with van der Waals surface area (Å²) in [6.45, 7) is 0.377. The average molecular weight is 282 g/mol. The minimum atomic E-state index is -1.24. The highest BCUT2D eigenvalue weighted by atomic mass is 32.1. The third-order valence-electron chi connectivity index (χ3n) is 2.40. The maximum Gasteiger partial charge on any atom is 0.336 e. The molecule has 7 heteroatoms. The van der Waals surface area contributed by atoms with Crippen LogP contribution >= 0.6 is 12.6 Å². The molecule has 0 atom stereocenters. The van der Waals surface area contributed by atoms with Crippen molar-refractivity contribution in [1.82, 2.24) is 5.32 Å². The van der Waals surface area contributed by atoms with E-state index in [9.17, 15) is 14.4 Å². The van der Waals surface area contributed by atoms with Gasteiger partial charge in [-0.05, 0) is 30.4 Å². The molecule has 1 aromatic rings. The van der Waals surface area contributed by atoms with Gasteiger partial charge in [-0.3, -0.25) is 9.59 Å². The van der Waals surface area contributed by atoms with Crippen molar-refractivity contribution in [2.24, 2.45) is 5.73 Å². The van der Waals surface area contributed by atoms with Gasteiger partial charge in [-0.15, -0.1) is 0 Å². The molecule has 1 aromatic carbocycles. The molecule has 0 aliphatic rings. The van der Waals surface area contributed by atoms with Crippen LogP contribution in [-0.2, 0) is 0 Å². The largest absolute Gasteiger partial charge is 0.478 e. The van der Waals surface area contributed by atoms with Gasteiger partial charge >= 0.3 is 5.97 Å². The van der Waals surface area contributed by atoms with Crippen molar-refractivity contribution in [3.8, 4) is 0 Å². The fraction of sp³-hybridized carbons (Fsp3) is 0.250. The van der Waals surface area contributed by atoms with Crippen LogP contribution in [0.1, 0.15) is 37.5 Å². The predicted octanol–water partition coefficient (Wildman–Crippen LogP) is 0.533. The number of carboxylic acid groups (broad SMARTS) is 1. The molecule has 4 N–H and O–H groups in total. The number of hydrogen-bond donors (Lipinski definition) is 4. The Labute approximate surface area is 115 Å². The van der Waals surface area contributed by atoms with Crippen LogP contribution in [0.4, 0.5) is 0 Å². The molecule has 0 aliphatic heterocycles. The first-order valence-electron chi connectivity index (χ1n) is 5.53. The monoisotopic (exact) mass is 282 g/mol. The van der Waals surface area contributed by atoms with E-state index in [2.05, 4.69) is 17.9 Å². The van der Waals surface area contributed by atoms with Crippen molar-refractivity contribution in [3.63, 3.8) is 0 Å². The SMILES string of the molecule is NC(=O)c1ccc(C(=O)O)c(C(=O)NCCCS)c1. The number of carbonyl (C=O) groups excluding carboxylic acids is 2. The Hall–Kier alpha value is -2.02. The maximum absolute atomic E-state index is 11.9. The lowest BCUT2D eigenvalue weighted by atomic mass is 10.0. The number of rotatable bonds is 6. The second kappa shape index (κ2) is 6.79. The van der Waals surface area contributed by atoms with Crippen molar-refractivity contribution in [2.45, 2.75) is 6.42 Å². The number of primary amides is 1. The summed E-state index contributed by atoms with van der Waals surface area (Å²) in [5.41, 5.74) is 4.94. The molecule has 0 saturated heterocycles. The Bertz CT molecular complexity index is 516. The molecule has 102 valence electrons. The first-order valence-corrected chi connectivity index (χ1v) is 6.16. The Morgan fingerprint density at radius 3 is 2.47 bits per heavy atom. The summed E-state index contributed by atoms with van der Waals surface area (Å²) in [5.74, 6) is -1.91. The van der Waals surface area contributed by atoms with Crippen LogP contribution in [0.25, 0.3) is 0 Å². The molecular weight excluding hydrogens is 268 g/mol. The highest BCUT2D eigenvalue weighted by Crippen LogP contribution is 2.12. The van der Waals surface area contributed by atoms with Crippen molar-refractivity contribution in [2.75, 3.05) is 12.3 Å². The third-order valence-corrected chi connectivity index (χ3v) is 2.72. The third kappa shape index (κ3) is 3.99. The molecule has 0 bridgehead atoms. The van der Waals surface area contributed by atoms with Gasteiger partial charge in [0.15, 0.2) is 0 Å². The van der Waals surface area contributed by atoms with E-state index < -0.39 is 17.8 Å².